The van der Waals surface area contributed by atoms with Crippen LogP contribution in [0.2, 0.25) is 0 Å². The van der Waals surface area contributed by atoms with E-state index in [1.165, 1.54) is 24.1 Å². The summed E-state index contributed by atoms with van der Waals surface area (Å²) in [6.45, 7) is 2.98. The smallest absolute Gasteiger partial charge is 0.227 e. The van der Waals surface area contributed by atoms with Crippen LogP contribution in [0.15, 0.2) is 67.0 Å². The zero-order valence-corrected chi connectivity index (χ0v) is 19.1. The first-order chi connectivity index (χ1) is 16.2. The van der Waals surface area contributed by atoms with Crippen molar-refractivity contribution in [1.82, 2.24) is 15.1 Å². The number of rotatable bonds is 7. The molecule has 2 heterocycles. The van der Waals surface area contributed by atoms with E-state index in [1.807, 2.05) is 29.1 Å². The van der Waals surface area contributed by atoms with Gasteiger partial charge in [0, 0.05) is 55.4 Å². The molecule has 0 radical (unpaired) electrons. The van der Waals surface area contributed by atoms with E-state index < -0.39 is 0 Å². The second kappa shape index (κ2) is 10.2. The van der Waals surface area contributed by atoms with Gasteiger partial charge in [-0.1, -0.05) is 25.0 Å². The van der Waals surface area contributed by atoms with Crippen LogP contribution in [-0.2, 0) is 11.3 Å². The summed E-state index contributed by atoms with van der Waals surface area (Å²) in [6.07, 6.45) is 10.4. The molecule has 1 aliphatic heterocycles. The zero-order chi connectivity index (χ0) is 22.5. The number of aromatic nitrogens is 2. The Morgan fingerprint density at radius 2 is 1.61 bits per heavy atom. The van der Waals surface area contributed by atoms with Gasteiger partial charge in [0.05, 0.1) is 5.69 Å². The van der Waals surface area contributed by atoms with E-state index >= 15 is 0 Å². The first kappa shape index (κ1) is 21.7. The maximum atomic E-state index is 12.3. The number of nitrogens with one attached hydrogen (secondary N) is 2. The number of carbonyl (C=O) groups excluding carboxylic acids is 1. The van der Waals surface area contributed by atoms with E-state index in [9.17, 15) is 4.79 Å². The lowest BCUT2D eigenvalue weighted by molar-refractivity contribution is -0.119. The van der Waals surface area contributed by atoms with Gasteiger partial charge in [-0.3, -0.25) is 4.79 Å². The third kappa shape index (κ3) is 5.45. The number of anilines is 2. The first-order valence-corrected chi connectivity index (χ1v) is 12.2. The second-order valence-corrected chi connectivity index (χ2v) is 9.28. The third-order valence-corrected chi connectivity index (χ3v) is 7.02. The molecular formula is C27H33N5O. The zero-order valence-electron chi connectivity index (χ0n) is 19.1. The Kier molecular flexibility index (Phi) is 6.72. The number of benzene rings is 2. The molecule has 2 N–H and O–H groups in total. The van der Waals surface area contributed by atoms with E-state index in [0.717, 1.165) is 56.7 Å². The lowest BCUT2D eigenvalue weighted by Crippen LogP contribution is -2.42. The molecule has 5 rings (SSSR count). The second-order valence-electron chi connectivity index (χ2n) is 9.28. The molecular weight excluding hydrogens is 410 g/mol. The summed E-state index contributed by atoms with van der Waals surface area (Å²) in [5.74, 6) is 0.383. The molecule has 6 heteroatoms. The Morgan fingerprint density at radius 1 is 0.909 bits per heavy atom. The lowest BCUT2D eigenvalue weighted by atomic mass is 10.0. The normalized spacial score (nSPS) is 17.4. The highest BCUT2D eigenvalue weighted by Gasteiger charge is 2.23. The molecule has 0 bridgehead atoms. The van der Waals surface area contributed by atoms with Crippen LogP contribution < -0.4 is 15.5 Å². The van der Waals surface area contributed by atoms with Gasteiger partial charge in [0.15, 0.2) is 0 Å². The summed E-state index contributed by atoms with van der Waals surface area (Å²) in [4.78, 5) is 14.8. The summed E-state index contributed by atoms with van der Waals surface area (Å²) in [5, 5.41) is 11.1. The lowest BCUT2D eigenvalue weighted by Gasteiger charge is -2.34. The van der Waals surface area contributed by atoms with Crippen LogP contribution in [0.5, 0.6) is 0 Å². The number of nitrogens with zero attached hydrogens (tertiary/aromatic N) is 3. The number of hydrogen-bond acceptors (Lipinski definition) is 4. The molecule has 2 aliphatic rings. The predicted octanol–water partition coefficient (Wildman–Crippen LogP) is 4.76. The minimum absolute atomic E-state index is 0.183. The highest BCUT2D eigenvalue weighted by atomic mass is 16.1. The largest absolute Gasteiger partial charge is 0.371 e. The van der Waals surface area contributed by atoms with Gasteiger partial charge in [0.2, 0.25) is 5.91 Å². The molecule has 0 unspecified atom stereocenters. The minimum atomic E-state index is 0.183. The maximum absolute atomic E-state index is 12.3. The van der Waals surface area contributed by atoms with Crippen LogP contribution in [-0.4, -0.2) is 34.8 Å². The molecule has 1 saturated heterocycles. The van der Waals surface area contributed by atoms with E-state index in [-0.39, 0.29) is 11.8 Å². The minimum Gasteiger partial charge on any atom is -0.371 e. The van der Waals surface area contributed by atoms with Crippen LogP contribution in [0.25, 0.3) is 5.69 Å². The van der Waals surface area contributed by atoms with E-state index in [0.29, 0.717) is 6.04 Å². The van der Waals surface area contributed by atoms with Crippen molar-refractivity contribution in [2.75, 3.05) is 23.3 Å². The predicted molar refractivity (Wildman–Crippen MR) is 133 cm³/mol. The molecule has 172 valence electrons. The highest BCUT2D eigenvalue weighted by Crippen LogP contribution is 2.27. The van der Waals surface area contributed by atoms with Crippen LogP contribution in [0, 0.1) is 5.92 Å². The van der Waals surface area contributed by atoms with Gasteiger partial charge in [-0.05, 0) is 73.7 Å². The average Bonchev–Trinajstić information content (AvgIpc) is 3.59. The van der Waals surface area contributed by atoms with Gasteiger partial charge in [0.1, 0.15) is 0 Å². The van der Waals surface area contributed by atoms with Gasteiger partial charge in [-0.25, -0.2) is 4.68 Å². The summed E-state index contributed by atoms with van der Waals surface area (Å²) in [7, 11) is 0. The molecule has 0 spiro atoms. The Hall–Kier alpha value is -3.12. The molecule has 6 nitrogen and oxygen atoms in total. The van der Waals surface area contributed by atoms with E-state index in [4.69, 9.17) is 0 Å². The SMILES string of the molecule is O=C(Nc1ccc(N2CCC(NCc3ccc(-n4cccn4)cc3)CC2)cc1)C1CCCC1. The number of piperidine rings is 1. The van der Waals surface area contributed by atoms with Crippen molar-refractivity contribution in [3.05, 3.63) is 72.6 Å². The van der Waals surface area contributed by atoms with E-state index in [1.54, 1.807) is 6.20 Å². The van der Waals surface area contributed by atoms with Crippen LogP contribution in [0.3, 0.4) is 0 Å². The summed E-state index contributed by atoms with van der Waals surface area (Å²) in [5.41, 5.74) is 4.53. The average molecular weight is 444 g/mol. The quantitative estimate of drug-likeness (QED) is 0.553. The Balaban J connectivity index is 1.07. The molecule has 2 aromatic carbocycles. The molecule has 0 atom stereocenters. The van der Waals surface area contributed by atoms with Crippen molar-refractivity contribution in [3.8, 4) is 5.69 Å². The number of hydrogen-bond donors (Lipinski definition) is 2. The standard InChI is InChI=1S/C27H33N5O/c33-27(22-4-1-2-5-22)30-24-8-12-25(13-9-24)31-18-14-23(15-19-31)28-20-21-6-10-26(11-7-21)32-17-3-16-29-32/h3,6-13,16-17,22-23,28H,1-2,4-5,14-15,18-20H2,(H,30,33). The molecule has 2 fully saturated rings. The Bertz CT molecular complexity index is 1020. The van der Waals surface area contributed by atoms with Crippen LogP contribution in [0.1, 0.15) is 44.1 Å². The van der Waals surface area contributed by atoms with Crippen LogP contribution in [0.4, 0.5) is 11.4 Å². The van der Waals surface area contributed by atoms with Gasteiger partial charge >= 0.3 is 0 Å². The topological polar surface area (TPSA) is 62.2 Å². The Labute approximate surface area is 196 Å². The summed E-state index contributed by atoms with van der Waals surface area (Å²) < 4.78 is 1.88. The van der Waals surface area contributed by atoms with Gasteiger partial charge in [-0.15, -0.1) is 0 Å². The molecule has 1 aromatic heterocycles. The van der Waals surface area contributed by atoms with Crippen molar-refractivity contribution in [1.29, 1.82) is 0 Å². The van der Waals surface area contributed by atoms with Crippen molar-refractivity contribution in [2.45, 2.75) is 51.1 Å². The van der Waals surface area contributed by atoms with Crippen molar-refractivity contribution < 1.29 is 4.79 Å². The van der Waals surface area contributed by atoms with Gasteiger partial charge in [-0.2, -0.15) is 5.10 Å². The van der Waals surface area contributed by atoms with Crippen LogP contribution >= 0.6 is 0 Å². The fourth-order valence-corrected chi connectivity index (χ4v) is 4.98. The summed E-state index contributed by atoms with van der Waals surface area (Å²) >= 11 is 0. The maximum Gasteiger partial charge on any atom is 0.227 e. The molecule has 33 heavy (non-hydrogen) atoms. The van der Waals surface area contributed by atoms with Crippen molar-refractivity contribution in [3.63, 3.8) is 0 Å². The van der Waals surface area contributed by atoms with Gasteiger partial charge < -0.3 is 15.5 Å². The van der Waals surface area contributed by atoms with E-state index in [2.05, 4.69) is 57.0 Å². The monoisotopic (exact) mass is 443 g/mol. The fraction of sp³-hybridized carbons (Fsp3) is 0.407. The molecule has 3 aromatic rings. The fourth-order valence-electron chi connectivity index (χ4n) is 4.98. The molecule has 1 saturated carbocycles. The third-order valence-electron chi connectivity index (χ3n) is 7.02. The Morgan fingerprint density at radius 3 is 2.27 bits per heavy atom. The highest BCUT2D eigenvalue weighted by molar-refractivity contribution is 5.92. The number of carbonyl (C=O) groups is 1. The first-order valence-electron chi connectivity index (χ1n) is 12.2. The molecule has 1 aliphatic carbocycles. The van der Waals surface area contributed by atoms with Crippen molar-refractivity contribution in [2.24, 2.45) is 5.92 Å². The molecule has 1 amide bonds. The van der Waals surface area contributed by atoms with Crippen molar-refractivity contribution >= 4 is 17.3 Å². The number of amides is 1. The summed E-state index contributed by atoms with van der Waals surface area (Å²) in [6, 6.07) is 19.4. The van der Waals surface area contributed by atoms with Gasteiger partial charge in [0.25, 0.3) is 0 Å².